The minimum atomic E-state index is -1.53. The van der Waals surface area contributed by atoms with E-state index in [1.807, 2.05) is 0 Å². The zero-order chi connectivity index (χ0) is 17.7. The van der Waals surface area contributed by atoms with E-state index in [4.69, 9.17) is 18.9 Å². The van der Waals surface area contributed by atoms with Crippen molar-refractivity contribution in [3.63, 3.8) is 0 Å². The van der Waals surface area contributed by atoms with E-state index < -0.39 is 29.4 Å². The van der Waals surface area contributed by atoms with Crippen LogP contribution in [0.15, 0.2) is 24.3 Å². The van der Waals surface area contributed by atoms with Crippen molar-refractivity contribution in [2.75, 3.05) is 20.3 Å². The van der Waals surface area contributed by atoms with Crippen molar-refractivity contribution >= 4 is 17.7 Å². The molecule has 7 heteroatoms. The highest BCUT2D eigenvalue weighted by atomic mass is 16.7. The van der Waals surface area contributed by atoms with Gasteiger partial charge in [0, 0.05) is 27.4 Å². The molecule has 1 fully saturated rings. The van der Waals surface area contributed by atoms with E-state index in [0.717, 1.165) is 0 Å². The third-order valence-corrected chi connectivity index (χ3v) is 3.34. The number of rotatable bonds is 7. The molecule has 1 aromatic carbocycles. The van der Waals surface area contributed by atoms with Gasteiger partial charge in [-0.1, -0.05) is 12.1 Å². The van der Waals surface area contributed by atoms with E-state index in [2.05, 4.69) is 0 Å². The van der Waals surface area contributed by atoms with Gasteiger partial charge >= 0.3 is 11.9 Å². The van der Waals surface area contributed by atoms with E-state index in [9.17, 15) is 14.4 Å². The SMILES string of the molecule is COCCOc1ccc(CC(=O)C2C(=O)OC(C)(C)OC2=O)cc1. The first-order valence-corrected chi connectivity index (χ1v) is 7.51. The summed E-state index contributed by atoms with van der Waals surface area (Å²) < 4.78 is 20.2. The Balaban J connectivity index is 1.97. The lowest BCUT2D eigenvalue weighted by molar-refractivity contribution is -0.238. The Morgan fingerprint density at radius 1 is 1.08 bits per heavy atom. The highest BCUT2D eigenvalue weighted by Crippen LogP contribution is 2.24. The molecule has 24 heavy (non-hydrogen) atoms. The molecule has 0 amide bonds. The van der Waals surface area contributed by atoms with E-state index in [0.29, 0.717) is 24.5 Å². The van der Waals surface area contributed by atoms with Crippen LogP contribution in [0.2, 0.25) is 0 Å². The van der Waals surface area contributed by atoms with Crippen molar-refractivity contribution in [3.8, 4) is 5.75 Å². The first-order chi connectivity index (χ1) is 11.3. The molecule has 1 aliphatic rings. The predicted molar refractivity (Wildman–Crippen MR) is 82.3 cm³/mol. The van der Waals surface area contributed by atoms with Gasteiger partial charge in [-0.3, -0.25) is 14.4 Å². The van der Waals surface area contributed by atoms with Gasteiger partial charge in [-0.25, -0.2) is 0 Å². The van der Waals surface area contributed by atoms with Gasteiger partial charge in [-0.2, -0.15) is 0 Å². The lowest BCUT2D eigenvalue weighted by Crippen LogP contribution is -2.49. The number of ether oxygens (including phenoxy) is 4. The van der Waals surface area contributed by atoms with Crippen LogP contribution in [0.1, 0.15) is 19.4 Å². The zero-order valence-electron chi connectivity index (χ0n) is 13.9. The molecule has 0 atom stereocenters. The van der Waals surface area contributed by atoms with Crippen molar-refractivity contribution in [2.45, 2.75) is 26.1 Å². The third-order valence-electron chi connectivity index (χ3n) is 3.34. The zero-order valence-corrected chi connectivity index (χ0v) is 13.9. The Kier molecular flexibility index (Phi) is 5.56. The number of benzene rings is 1. The van der Waals surface area contributed by atoms with Gasteiger partial charge in [-0.15, -0.1) is 0 Å². The van der Waals surface area contributed by atoms with Gasteiger partial charge in [-0.05, 0) is 17.7 Å². The largest absolute Gasteiger partial charge is 0.491 e. The minimum absolute atomic E-state index is 0.0757. The minimum Gasteiger partial charge on any atom is -0.491 e. The fraction of sp³-hybridized carbons (Fsp3) is 0.471. The van der Waals surface area contributed by atoms with Gasteiger partial charge in [0.15, 0.2) is 5.78 Å². The maximum absolute atomic E-state index is 12.2. The molecule has 0 unspecified atom stereocenters. The molecule has 0 spiro atoms. The van der Waals surface area contributed by atoms with Gasteiger partial charge in [0.2, 0.25) is 5.92 Å². The number of carbonyl (C=O) groups is 3. The Morgan fingerprint density at radius 3 is 2.21 bits per heavy atom. The molecule has 1 heterocycles. The normalized spacial score (nSPS) is 17.1. The van der Waals surface area contributed by atoms with Crippen molar-refractivity contribution in [3.05, 3.63) is 29.8 Å². The topological polar surface area (TPSA) is 88.1 Å². The quantitative estimate of drug-likeness (QED) is 0.421. The van der Waals surface area contributed by atoms with E-state index in [-0.39, 0.29) is 6.42 Å². The first kappa shape index (κ1) is 17.9. The Labute approximate surface area is 139 Å². The van der Waals surface area contributed by atoms with Crippen molar-refractivity contribution in [1.29, 1.82) is 0 Å². The van der Waals surface area contributed by atoms with Crippen molar-refractivity contribution in [2.24, 2.45) is 5.92 Å². The Hall–Kier alpha value is -2.41. The monoisotopic (exact) mass is 336 g/mol. The summed E-state index contributed by atoms with van der Waals surface area (Å²) in [4.78, 5) is 36.0. The maximum atomic E-state index is 12.2. The van der Waals surface area contributed by atoms with Crippen LogP contribution in [-0.2, 0) is 35.0 Å². The maximum Gasteiger partial charge on any atom is 0.331 e. The molecule has 0 bridgehead atoms. The summed E-state index contributed by atoms with van der Waals surface area (Å²) in [5.41, 5.74) is 0.657. The standard InChI is InChI=1S/C17H20O7/c1-17(2)23-15(19)14(16(20)24-17)13(18)10-11-4-6-12(7-5-11)22-9-8-21-3/h4-7,14H,8-10H2,1-3H3. The molecule has 1 saturated heterocycles. The molecule has 0 N–H and O–H groups in total. The smallest absolute Gasteiger partial charge is 0.331 e. The number of cyclic esters (lactones) is 2. The molecular weight excluding hydrogens is 316 g/mol. The summed E-state index contributed by atoms with van der Waals surface area (Å²) in [6, 6.07) is 6.81. The molecule has 0 aliphatic carbocycles. The van der Waals surface area contributed by atoms with Crippen molar-refractivity contribution in [1.82, 2.24) is 0 Å². The first-order valence-electron chi connectivity index (χ1n) is 7.51. The molecule has 2 rings (SSSR count). The van der Waals surface area contributed by atoms with Crippen LogP contribution in [-0.4, -0.2) is 43.8 Å². The average Bonchev–Trinajstić information content (AvgIpc) is 2.47. The van der Waals surface area contributed by atoms with Gasteiger partial charge < -0.3 is 18.9 Å². The highest BCUT2D eigenvalue weighted by Gasteiger charge is 2.46. The molecule has 1 aromatic rings. The predicted octanol–water partition coefficient (Wildman–Crippen LogP) is 1.28. The number of hydrogen-bond acceptors (Lipinski definition) is 7. The van der Waals surface area contributed by atoms with Crippen LogP contribution in [0.3, 0.4) is 0 Å². The molecule has 130 valence electrons. The molecule has 0 radical (unpaired) electrons. The number of ketones is 1. The van der Waals surface area contributed by atoms with Crippen molar-refractivity contribution < 1.29 is 33.3 Å². The second-order valence-corrected chi connectivity index (χ2v) is 5.80. The van der Waals surface area contributed by atoms with Crippen LogP contribution in [0.25, 0.3) is 0 Å². The van der Waals surface area contributed by atoms with Gasteiger partial charge in [0.1, 0.15) is 12.4 Å². The van der Waals surface area contributed by atoms with Gasteiger partial charge in [0.25, 0.3) is 5.79 Å². The molecule has 0 saturated carbocycles. The number of hydrogen-bond donors (Lipinski definition) is 0. The van der Waals surface area contributed by atoms with Crippen LogP contribution < -0.4 is 4.74 Å². The van der Waals surface area contributed by atoms with Crippen LogP contribution in [0, 0.1) is 5.92 Å². The van der Waals surface area contributed by atoms with E-state index >= 15 is 0 Å². The summed E-state index contributed by atoms with van der Waals surface area (Å²) in [5.74, 6) is -4.54. The average molecular weight is 336 g/mol. The summed E-state index contributed by atoms with van der Waals surface area (Å²) >= 11 is 0. The fourth-order valence-corrected chi connectivity index (χ4v) is 2.23. The summed E-state index contributed by atoms with van der Waals surface area (Å²) in [6.45, 7) is 3.77. The lowest BCUT2D eigenvalue weighted by Gasteiger charge is -2.32. The molecule has 7 nitrogen and oxygen atoms in total. The van der Waals surface area contributed by atoms with Crippen LogP contribution in [0.4, 0.5) is 0 Å². The summed E-state index contributed by atoms with van der Waals surface area (Å²) in [7, 11) is 1.58. The van der Waals surface area contributed by atoms with E-state index in [1.165, 1.54) is 13.8 Å². The second kappa shape index (κ2) is 7.44. The number of carbonyl (C=O) groups excluding carboxylic acids is 3. The Morgan fingerprint density at radius 2 is 1.67 bits per heavy atom. The molecule has 1 aliphatic heterocycles. The molecule has 0 aromatic heterocycles. The number of methoxy groups -OCH3 is 1. The van der Waals surface area contributed by atoms with Gasteiger partial charge in [0.05, 0.1) is 6.61 Å². The second-order valence-electron chi connectivity index (χ2n) is 5.80. The van der Waals surface area contributed by atoms with Crippen LogP contribution >= 0.6 is 0 Å². The number of Topliss-reactive ketones (excluding diaryl/α,β-unsaturated/α-hetero) is 1. The lowest BCUT2D eigenvalue weighted by atomic mass is 9.97. The summed E-state index contributed by atoms with van der Waals surface area (Å²) in [6.07, 6.45) is -0.0757. The fourth-order valence-electron chi connectivity index (χ4n) is 2.23. The third kappa shape index (κ3) is 4.55. The highest BCUT2D eigenvalue weighted by molar-refractivity contribution is 6.16. The Bertz CT molecular complexity index is 598. The van der Waals surface area contributed by atoms with Crippen LogP contribution in [0.5, 0.6) is 5.75 Å². The summed E-state index contributed by atoms with van der Waals surface area (Å²) in [5, 5.41) is 0. The molecular formula is C17H20O7. The number of esters is 2. The van der Waals surface area contributed by atoms with E-state index in [1.54, 1.807) is 31.4 Å².